The second-order valence-electron chi connectivity index (χ2n) is 5.55. The molecule has 2 aromatic rings. The molecule has 1 amide bonds. The van der Waals surface area contributed by atoms with Gasteiger partial charge in [0.05, 0.1) is 24.3 Å². The highest BCUT2D eigenvalue weighted by Gasteiger charge is 2.28. The Hall–Kier alpha value is -2.74. The van der Waals surface area contributed by atoms with E-state index in [-0.39, 0.29) is 34.2 Å². The van der Waals surface area contributed by atoms with Gasteiger partial charge in [-0.3, -0.25) is 4.79 Å². The number of rotatable bonds is 7. The fraction of sp³-hybridized carbons (Fsp3) is 0.316. The Labute approximate surface area is 160 Å². The number of amides is 1. The minimum Gasteiger partial charge on any atom is -0.462 e. The number of esters is 2. The highest BCUT2D eigenvalue weighted by atomic mass is 32.1. The van der Waals surface area contributed by atoms with Crippen molar-refractivity contribution in [3.8, 4) is 0 Å². The summed E-state index contributed by atoms with van der Waals surface area (Å²) in [6, 6.07) is 5.48. The van der Waals surface area contributed by atoms with E-state index in [0.717, 1.165) is 17.4 Å². The average molecular weight is 393 g/mol. The predicted octanol–water partition coefficient (Wildman–Crippen LogP) is 4.19. The maximum absolute atomic E-state index is 13.9. The summed E-state index contributed by atoms with van der Waals surface area (Å²) >= 11 is 0.895. The first-order chi connectivity index (χ1) is 12.9. The van der Waals surface area contributed by atoms with Gasteiger partial charge in [-0.05, 0) is 38.0 Å². The van der Waals surface area contributed by atoms with Gasteiger partial charge in [0.1, 0.15) is 15.7 Å². The maximum atomic E-state index is 13.9. The van der Waals surface area contributed by atoms with Crippen LogP contribution in [0.1, 0.15) is 56.2 Å². The lowest BCUT2D eigenvalue weighted by Gasteiger charge is -2.08. The summed E-state index contributed by atoms with van der Waals surface area (Å²) in [5.41, 5.74) is 0.249. The highest BCUT2D eigenvalue weighted by molar-refractivity contribution is 7.18. The quantitative estimate of drug-likeness (QED) is 0.713. The third-order valence-electron chi connectivity index (χ3n) is 3.59. The van der Waals surface area contributed by atoms with Crippen LogP contribution in [-0.2, 0) is 9.47 Å². The van der Waals surface area contributed by atoms with Crippen LogP contribution in [0, 0.1) is 12.7 Å². The molecule has 0 fully saturated rings. The van der Waals surface area contributed by atoms with E-state index in [1.165, 1.54) is 18.2 Å². The Morgan fingerprint density at radius 3 is 2.44 bits per heavy atom. The van der Waals surface area contributed by atoms with Gasteiger partial charge in [0.25, 0.3) is 5.91 Å². The SMILES string of the molecule is CCCOC(=O)c1c(NC(=O)c2ccccc2F)sc(C(=O)OCC)c1C. The van der Waals surface area contributed by atoms with Gasteiger partial charge in [-0.1, -0.05) is 19.1 Å². The lowest BCUT2D eigenvalue weighted by molar-refractivity contribution is 0.0506. The summed E-state index contributed by atoms with van der Waals surface area (Å²) in [6.45, 7) is 5.45. The minimum atomic E-state index is -0.727. The van der Waals surface area contributed by atoms with Gasteiger partial charge >= 0.3 is 11.9 Å². The molecular weight excluding hydrogens is 373 g/mol. The van der Waals surface area contributed by atoms with Crippen LogP contribution >= 0.6 is 11.3 Å². The molecule has 0 aliphatic rings. The Morgan fingerprint density at radius 1 is 1.11 bits per heavy atom. The van der Waals surface area contributed by atoms with Crippen LogP contribution in [0.15, 0.2) is 24.3 Å². The molecule has 0 aliphatic heterocycles. The molecule has 1 aromatic carbocycles. The minimum absolute atomic E-state index is 0.0705. The molecule has 0 spiro atoms. The molecule has 1 aromatic heterocycles. The Balaban J connectivity index is 2.42. The van der Waals surface area contributed by atoms with Crippen molar-refractivity contribution < 1.29 is 28.2 Å². The molecule has 2 rings (SSSR count). The Bertz CT molecular complexity index is 862. The number of nitrogens with one attached hydrogen (secondary N) is 1. The Morgan fingerprint density at radius 2 is 1.81 bits per heavy atom. The van der Waals surface area contributed by atoms with Gasteiger partial charge in [0.2, 0.25) is 0 Å². The van der Waals surface area contributed by atoms with E-state index in [4.69, 9.17) is 9.47 Å². The van der Waals surface area contributed by atoms with E-state index in [1.54, 1.807) is 13.8 Å². The molecule has 0 aliphatic carbocycles. The second kappa shape index (κ2) is 9.27. The normalized spacial score (nSPS) is 10.4. The summed E-state index contributed by atoms with van der Waals surface area (Å²) in [4.78, 5) is 37.2. The van der Waals surface area contributed by atoms with Crippen LogP contribution in [0.25, 0.3) is 0 Å². The van der Waals surface area contributed by atoms with Crippen molar-refractivity contribution in [3.63, 3.8) is 0 Å². The molecule has 0 bridgehead atoms. The van der Waals surface area contributed by atoms with Crippen LogP contribution in [0.4, 0.5) is 9.39 Å². The van der Waals surface area contributed by atoms with Gasteiger partial charge in [0.15, 0.2) is 0 Å². The zero-order chi connectivity index (χ0) is 20.0. The van der Waals surface area contributed by atoms with Crippen LogP contribution in [0.2, 0.25) is 0 Å². The molecule has 0 saturated heterocycles. The third-order valence-corrected chi connectivity index (χ3v) is 4.78. The molecule has 0 saturated carbocycles. The van der Waals surface area contributed by atoms with Crippen molar-refractivity contribution >= 4 is 34.2 Å². The fourth-order valence-corrected chi connectivity index (χ4v) is 3.41. The maximum Gasteiger partial charge on any atom is 0.348 e. The smallest absolute Gasteiger partial charge is 0.348 e. The van der Waals surface area contributed by atoms with Crippen molar-refractivity contribution in [1.29, 1.82) is 0 Å². The first-order valence-electron chi connectivity index (χ1n) is 8.44. The molecule has 1 heterocycles. The number of thiophene rings is 1. The highest BCUT2D eigenvalue weighted by Crippen LogP contribution is 2.34. The van der Waals surface area contributed by atoms with E-state index in [9.17, 15) is 18.8 Å². The van der Waals surface area contributed by atoms with Gasteiger partial charge < -0.3 is 14.8 Å². The number of halogens is 1. The molecule has 0 atom stereocenters. The van der Waals surface area contributed by atoms with Crippen molar-refractivity contribution in [3.05, 3.63) is 51.7 Å². The van der Waals surface area contributed by atoms with E-state index in [2.05, 4.69) is 5.32 Å². The average Bonchev–Trinajstić information content (AvgIpc) is 2.96. The second-order valence-corrected chi connectivity index (χ2v) is 6.57. The topological polar surface area (TPSA) is 81.7 Å². The van der Waals surface area contributed by atoms with Crippen LogP contribution in [0.3, 0.4) is 0 Å². The summed E-state index contributed by atoms with van der Waals surface area (Å²) in [5, 5.41) is 2.63. The summed E-state index contributed by atoms with van der Waals surface area (Å²) in [7, 11) is 0. The molecule has 27 heavy (non-hydrogen) atoms. The van der Waals surface area contributed by atoms with Crippen molar-refractivity contribution in [2.45, 2.75) is 27.2 Å². The zero-order valence-electron chi connectivity index (χ0n) is 15.3. The molecule has 0 unspecified atom stereocenters. The van der Waals surface area contributed by atoms with E-state index < -0.39 is 23.7 Å². The number of benzene rings is 1. The molecule has 6 nitrogen and oxygen atoms in total. The van der Waals surface area contributed by atoms with Gasteiger partial charge in [-0.15, -0.1) is 11.3 Å². The summed E-state index contributed by atoms with van der Waals surface area (Å²) in [6.07, 6.45) is 0.622. The number of carbonyl (C=O) groups excluding carboxylic acids is 3. The van der Waals surface area contributed by atoms with Crippen molar-refractivity contribution in [2.24, 2.45) is 0 Å². The summed E-state index contributed by atoms with van der Waals surface area (Å²) in [5.74, 6) is -2.68. The van der Waals surface area contributed by atoms with Gasteiger partial charge in [-0.25, -0.2) is 14.0 Å². The van der Waals surface area contributed by atoms with Crippen molar-refractivity contribution in [1.82, 2.24) is 0 Å². The lowest BCUT2D eigenvalue weighted by Crippen LogP contribution is -2.16. The van der Waals surface area contributed by atoms with E-state index >= 15 is 0 Å². The monoisotopic (exact) mass is 393 g/mol. The van der Waals surface area contributed by atoms with E-state index in [1.807, 2.05) is 6.92 Å². The van der Waals surface area contributed by atoms with Crippen LogP contribution in [-0.4, -0.2) is 31.1 Å². The lowest BCUT2D eigenvalue weighted by atomic mass is 10.1. The number of ether oxygens (including phenoxy) is 2. The molecule has 0 radical (unpaired) electrons. The zero-order valence-corrected chi connectivity index (χ0v) is 16.1. The van der Waals surface area contributed by atoms with Crippen molar-refractivity contribution in [2.75, 3.05) is 18.5 Å². The number of anilines is 1. The van der Waals surface area contributed by atoms with Crippen LogP contribution in [0.5, 0.6) is 0 Å². The number of hydrogen-bond acceptors (Lipinski definition) is 6. The largest absolute Gasteiger partial charge is 0.462 e. The summed E-state index contributed by atoms with van der Waals surface area (Å²) < 4.78 is 24.0. The molecule has 1 N–H and O–H groups in total. The first-order valence-corrected chi connectivity index (χ1v) is 9.25. The predicted molar refractivity (Wildman–Crippen MR) is 99.9 cm³/mol. The molecular formula is C19H20FNO5S. The molecule has 144 valence electrons. The Kier molecular flexibility index (Phi) is 7.06. The van der Waals surface area contributed by atoms with Gasteiger partial charge in [0, 0.05) is 0 Å². The molecule has 8 heteroatoms. The first kappa shape index (κ1) is 20.6. The van der Waals surface area contributed by atoms with E-state index in [0.29, 0.717) is 12.0 Å². The number of carbonyl (C=O) groups is 3. The van der Waals surface area contributed by atoms with Gasteiger partial charge in [-0.2, -0.15) is 0 Å². The third kappa shape index (κ3) is 4.71. The number of hydrogen-bond donors (Lipinski definition) is 1. The standard InChI is InChI=1S/C19H20FNO5S/c1-4-10-26-18(23)14-11(3)15(19(24)25-5-2)27-17(14)21-16(22)12-8-6-7-9-13(12)20/h6-9H,4-5,10H2,1-3H3,(H,21,22). The fourth-order valence-electron chi connectivity index (χ4n) is 2.32. The van der Waals surface area contributed by atoms with Crippen LogP contribution < -0.4 is 5.32 Å².